The van der Waals surface area contributed by atoms with Gasteiger partial charge in [-0.3, -0.25) is 14.8 Å². The molecular formula is C29H42ClN3O6S. The first-order chi connectivity index (χ1) is 18.8. The minimum absolute atomic E-state index is 0. The average molecular weight is 596 g/mol. The van der Waals surface area contributed by atoms with Crippen LogP contribution in [-0.2, 0) is 19.4 Å². The molecule has 2 amide bonds. The molecule has 7 rings (SSSR count). The predicted octanol–water partition coefficient (Wildman–Crippen LogP) is 3.34. The number of hydroxylamine groups is 1. The molecule has 0 aromatic heterocycles. The summed E-state index contributed by atoms with van der Waals surface area (Å²) in [7, 11) is -4.04. The molecule has 1 aromatic carbocycles. The summed E-state index contributed by atoms with van der Waals surface area (Å²) in [6.07, 6.45) is 9.46. The molecule has 5 aliphatic carbocycles. The van der Waals surface area contributed by atoms with Gasteiger partial charge in [-0.2, -0.15) is 0 Å². The molecule has 9 nitrogen and oxygen atoms in total. The molecule has 1 heterocycles. The average Bonchev–Trinajstić information content (AvgIpc) is 3.78. The molecule has 5 saturated carbocycles. The molecule has 11 heteroatoms. The number of sulfone groups is 1. The summed E-state index contributed by atoms with van der Waals surface area (Å²) in [5.74, 6) is 2.90. The van der Waals surface area contributed by atoms with Crippen molar-refractivity contribution in [2.75, 3.05) is 26.2 Å². The molecule has 3 N–H and O–H groups in total. The second-order valence-corrected chi connectivity index (χ2v) is 14.9. The van der Waals surface area contributed by atoms with Gasteiger partial charge in [-0.05, 0) is 112 Å². The number of carbonyl (C=O) groups is 2. The Bertz CT molecular complexity index is 1150. The van der Waals surface area contributed by atoms with Crippen LogP contribution in [0, 0.1) is 29.6 Å². The maximum absolute atomic E-state index is 13.6. The van der Waals surface area contributed by atoms with Crippen molar-refractivity contribution in [2.24, 2.45) is 29.6 Å². The number of likely N-dealkylation sites (tertiary alicyclic amines) is 1. The quantitative estimate of drug-likeness (QED) is 0.215. The number of hydrogen-bond acceptors (Lipinski definition) is 7. The lowest BCUT2D eigenvalue weighted by atomic mass is 9.51. The summed E-state index contributed by atoms with van der Waals surface area (Å²) in [6, 6.07) is 6.63. The Kier molecular flexibility index (Phi) is 8.72. The van der Waals surface area contributed by atoms with Crippen molar-refractivity contribution in [3.05, 3.63) is 24.3 Å². The van der Waals surface area contributed by atoms with E-state index in [0.717, 1.165) is 24.7 Å². The third-order valence-corrected chi connectivity index (χ3v) is 12.8. The summed E-state index contributed by atoms with van der Waals surface area (Å²) in [5, 5.41) is 12.5. The first kappa shape index (κ1) is 29.6. The molecule has 6 fully saturated rings. The van der Waals surface area contributed by atoms with Gasteiger partial charge in [0.15, 0.2) is 14.6 Å². The first-order valence-corrected chi connectivity index (χ1v) is 16.2. The van der Waals surface area contributed by atoms with Crippen LogP contribution in [0.4, 0.5) is 0 Å². The Hall–Kier alpha value is -1.88. The summed E-state index contributed by atoms with van der Waals surface area (Å²) in [4.78, 5) is 27.9. The molecule has 1 aromatic rings. The Labute approximate surface area is 243 Å². The third-order valence-electron chi connectivity index (χ3n) is 10.3. The molecule has 1 aliphatic heterocycles. The van der Waals surface area contributed by atoms with Gasteiger partial charge in [0, 0.05) is 31.6 Å². The van der Waals surface area contributed by atoms with Crippen molar-refractivity contribution in [1.82, 2.24) is 15.7 Å². The van der Waals surface area contributed by atoms with Gasteiger partial charge in [-0.1, -0.05) is 0 Å². The molecular weight excluding hydrogens is 554 g/mol. The van der Waals surface area contributed by atoms with Gasteiger partial charge < -0.3 is 15.0 Å². The summed E-state index contributed by atoms with van der Waals surface area (Å²) < 4.78 is 31.4. The van der Waals surface area contributed by atoms with Gasteiger partial charge in [0.2, 0.25) is 5.91 Å². The van der Waals surface area contributed by atoms with E-state index in [9.17, 15) is 23.2 Å². The van der Waals surface area contributed by atoms with Crippen molar-refractivity contribution < 1.29 is 28.0 Å². The van der Waals surface area contributed by atoms with Crippen LogP contribution in [0.1, 0.15) is 64.2 Å². The van der Waals surface area contributed by atoms with Crippen molar-refractivity contribution in [3.63, 3.8) is 0 Å². The lowest BCUT2D eigenvalue weighted by molar-refractivity contribution is -0.138. The molecule has 222 valence electrons. The lowest BCUT2D eigenvalue weighted by Gasteiger charge is -2.53. The van der Waals surface area contributed by atoms with E-state index in [1.165, 1.54) is 44.2 Å². The van der Waals surface area contributed by atoms with E-state index >= 15 is 0 Å². The fraction of sp³-hybridized carbons (Fsp3) is 0.724. The van der Waals surface area contributed by atoms with E-state index in [-0.39, 0.29) is 42.0 Å². The number of carbonyl (C=O) groups excluding carboxylic acids is 2. The van der Waals surface area contributed by atoms with Crippen LogP contribution in [0.2, 0.25) is 0 Å². The monoisotopic (exact) mass is 595 g/mol. The number of benzene rings is 1. The summed E-state index contributed by atoms with van der Waals surface area (Å²) in [6.45, 7) is 1.99. The standard InChI is InChI=1S/C29H41N3O6S.ClH/c33-27(26-21-15-19-14-20(17-21)18-22(26)16-19)30-10-1-13-38-24-4-6-25(7-5-24)39(36,37)29(28(34)31-35)8-11-32(12-9-29)23-2-3-23;/h4-7,19-23,26,35H,1-3,8-18H2,(H,30,33)(H,31,34);1H. The van der Waals surface area contributed by atoms with Crippen LogP contribution in [0.5, 0.6) is 5.75 Å². The highest BCUT2D eigenvalue weighted by Crippen LogP contribution is 2.56. The smallest absolute Gasteiger partial charge is 0.265 e. The Morgan fingerprint density at radius 2 is 1.57 bits per heavy atom. The van der Waals surface area contributed by atoms with Crippen molar-refractivity contribution in [1.29, 1.82) is 0 Å². The largest absolute Gasteiger partial charge is 0.494 e. The van der Waals surface area contributed by atoms with E-state index in [1.807, 2.05) is 0 Å². The minimum atomic E-state index is -4.04. The van der Waals surface area contributed by atoms with E-state index < -0.39 is 20.5 Å². The zero-order valence-corrected chi connectivity index (χ0v) is 24.6. The molecule has 4 bridgehead atoms. The summed E-state index contributed by atoms with van der Waals surface area (Å²) in [5.41, 5.74) is 1.61. The third kappa shape index (κ3) is 5.49. The van der Waals surface area contributed by atoms with Crippen molar-refractivity contribution in [2.45, 2.75) is 79.9 Å². The fourth-order valence-corrected chi connectivity index (χ4v) is 10.3. The summed E-state index contributed by atoms with van der Waals surface area (Å²) >= 11 is 0. The van der Waals surface area contributed by atoms with Crippen LogP contribution in [-0.4, -0.2) is 67.4 Å². The Morgan fingerprint density at radius 3 is 2.12 bits per heavy atom. The highest BCUT2D eigenvalue weighted by Gasteiger charge is 2.54. The number of piperidine rings is 1. The molecule has 6 aliphatic rings. The lowest BCUT2D eigenvalue weighted by Crippen LogP contribution is -2.58. The van der Waals surface area contributed by atoms with Crippen molar-refractivity contribution >= 4 is 34.1 Å². The second-order valence-electron chi connectivity index (χ2n) is 12.6. The zero-order valence-electron chi connectivity index (χ0n) is 22.9. The maximum Gasteiger partial charge on any atom is 0.265 e. The van der Waals surface area contributed by atoms with Gasteiger partial charge >= 0.3 is 0 Å². The Balaban J connectivity index is 0.00000323. The number of nitrogens with zero attached hydrogens (tertiary/aromatic N) is 1. The molecule has 0 unspecified atom stereocenters. The number of amides is 2. The maximum atomic E-state index is 13.6. The van der Waals surface area contributed by atoms with E-state index in [2.05, 4.69) is 10.2 Å². The van der Waals surface area contributed by atoms with Gasteiger partial charge in [0.1, 0.15) is 5.75 Å². The molecule has 0 atom stereocenters. The number of halogens is 1. The molecule has 0 radical (unpaired) electrons. The van der Waals surface area contributed by atoms with Gasteiger partial charge in [-0.15, -0.1) is 12.4 Å². The van der Waals surface area contributed by atoms with Crippen LogP contribution in [0.15, 0.2) is 29.2 Å². The van der Waals surface area contributed by atoms with E-state index in [1.54, 1.807) is 17.6 Å². The highest BCUT2D eigenvalue weighted by atomic mass is 35.5. The molecule has 0 spiro atoms. The predicted molar refractivity (Wildman–Crippen MR) is 151 cm³/mol. The fourth-order valence-electron chi connectivity index (χ4n) is 8.30. The van der Waals surface area contributed by atoms with Crippen LogP contribution >= 0.6 is 12.4 Å². The van der Waals surface area contributed by atoms with E-state index in [4.69, 9.17) is 4.74 Å². The van der Waals surface area contributed by atoms with Crippen molar-refractivity contribution in [3.8, 4) is 5.75 Å². The highest BCUT2D eigenvalue weighted by molar-refractivity contribution is 7.93. The number of hydrogen-bond donors (Lipinski definition) is 3. The second kappa shape index (κ2) is 11.8. The van der Waals surface area contributed by atoms with Crippen LogP contribution in [0.25, 0.3) is 0 Å². The SMILES string of the molecule is Cl.O=C(NCCCOc1ccc(S(=O)(=O)C2(C(=O)NO)CCN(C3CC3)CC2)cc1)C1C2CC3CC(C2)CC1C3. The molecule has 1 saturated heterocycles. The van der Waals surface area contributed by atoms with Gasteiger partial charge in [0.05, 0.1) is 11.5 Å². The zero-order chi connectivity index (χ0) is 27.2. The normalized spacial score (nSPS) is 30.8. The first-order valence-electron chi connectivity index (χ1n) is 14.7. The van der Waals surface area contributed by atoms with E-state index in [0.29, 0.717) is 56.3 Å². The van der Waals surface area contributed by atoms with Gasteiger partial charge in [0.25, 0.3) is 5.91 Å². The molecule has 40 heavy (non-hydrogen) atoms. The number of nitrogens with one attached hydrogen (secondary N) is 2. The topological polar surface area (TPSA) is 125 Å². The number of ether oxygens (including phenoxy) is 1. The van der Waals surface area contributed by atoms with Crippen LogP contribution < -0.4 is 15.5 Å². The Morgan fingerprint density at radius 1 is 0.975 bits per heavy atom. The van der Waals surface area contributed by atoms with Gasteiger partial charge in [-0.25, -0.2) is 13.9 Å². The minimum Gasteiger partial charge on any atom is -0.494 e. The van der Waals surface area contributed by atoms with Crippen LogP contribution in [0.3, 0.4) is 0 Å². The number of rotatable bonds is 10.